The average Bonchev–Trinajstić information content (AvgIpc) is 3.50. The van der Waals surface area contributed by atoms with Crippen LogP contribution in [0.3, 0.4) is 0 Å². The zero-order valence-corrected chi connectivity index (χ0v) is 19.6. The summed E-state index contributed by atoms with van der Waals surface area (Å²) in [5.41, 5.74) is 2.71. The summed E-state index contributed by atoms with van der Waals surface area (Å²) in [6.07, 6.45) is 2.48. The number of hydrogen-bond donors (Lipinski definition) is 1. The summed E-state index contributed by atoms with van der Waals surface area (Å²) in [5, 5.41) is 12.1. The molecule has 7 rings (SSSR count). The van der Waals surface area contributed by atoms with Gasteiger partial charge in [-0.3, -0.25) is 9.69 Å². The predicted molar refractivity (Wildman–Crippen MR) is 125 cm³/mol. The van der Waals surface area contributed by atoms with Crippen LogP contribution in [0.15, 0.2) is 23.0 Å². The second-order valence-electron chi connectivity index (χ2n) is 9.89. The zero-order valence-electron chi connectivity index (χ0n) is 19.6. The van der Waals surface area contributed by atoms with Crippen LogP contribution in [-0.4, -0.2) is 45.4 Å². The van der Waals surface area contributed by atoms with Crippen LogP contribution in [0.4, 0.5) is 0 Å². The largest absolute Gasteiger partial charge is 0.458 e. The van der Waals surface area contributed by atoms with Gasteiger partial charge in [0, 0.05) is 35.2 Å². The molecule has 3 aliphatic heterocycles. The summed E-state index contributed by atoms with van der Waals surface area (Å²) < 4.78 is 18.1. The molecule has 5 heterocycles. The molecule has 4 aliphatic rings. The van der Waals surface area contributed by atoms with E-state index in [-0.39, 0.29) is 25.4 Å². The number of ether oxygens (including phenoxy) is 3. The number of cyclic esters (lactones) is 1. The van der Waals surface area contributed by atoms with Gasteiger partial charge in [0.25, 0.3) is 5.56 Å². The SMILES string of the molecule is CC[C@@]1(O)C(=O)OCc2c1cc1n(c2=O)Cc2c-1nc1cc3c(cc1c2CN(C)C1CC1)OCO3. The molecular formula is C26H25N3O6. The van der Waals surface area contributed by atoms with Gasteiger partial charge in [-0.2, -0.15) is 0 Å². The molecule has 180 valence electrons. The highest BCUT2D eigenvalue weighted by molar-refractivity contribution is 5.91. The Morgan fingerprint density at radius 3 is 2.66 bits per heavy atom. The Hall–Kier alpha value is -3.43. The molecule has 0 spiro atoms. The number of pyridine rings is 2. The third kappa shape index (κ3) is 2.85. The van der Waals surface area contributed by atoms with Crippen LogP contribution in [0, 0.1) is 0 Å². The molecule has 1 N–H and O–H groups in total. The number of benzene rings is 1. The minimum absolute atomic E-state index is 0.112. The highest BCUT2D eigenvalue weighted by Gasteiger charge is 2.45. The quantitative estimate of drug-likeness (QED) is 0.449. The van der Waals surface area contributed by atoms with E-state index in [1.54, 1.807) is 17.6 Å². The standard InChI is InChI=1S/C26H25N3O6/c1-3-26(32)18-7-20-23-16(10-29(20)24(30)17(18)11-33-25(26)31)15(9-28(2)13-4-5-13)14-6-21-22(35-12-34-21)8-19(14)27-23/h6-8,13,32H,3-5,9-12H2,1-2H3/t26-/m0/s1. The molecule has 1 atom stereocenters. The first-order valence-electron chi connectivity index (χ1n) is 12.0. The molecule has 2 aromatic heterocycles. The average molecular weight is 476 g/mol. The number of aromatic nitrogens is 2. The van der Waals surface area contributed by atoms with E-state index in [2.05, 4.69) is 11.9 Å². The monoisotopic (exact) mass is 475 g/mol. The van der Waals surface area contributed by atoms with Crippen LogP contribution in [0.5, 0.6) is 11.5 Å². The lowest BCUT2D eigenvalue weighted by molar-refractivity contribution is -0.172. The maximum Gasteiger partial charge on any atom is 0.343 e. The van der Waals surface area contributed by atoms with E-state index in [0.717, 1.165) is 22.0 Å². The first kappa shape index (κ1) is 20.9. The van der Waals surface area contributed by atoms with E-state index in [4.69, 9.17) is 19.2 Å². The van der Waals surface area contributed by atoms with Gasteiger partial charge >= 0.3 is 5.97 Å². The first-order valence-corrected chi connectivity index (χ1v) is 12.0. The van der Waals surface area contributed by atoms with Crippen molar-refractivity contribution in [2.45, 2.75) is 57.5 Å². The van der Waals surface area contributed by atoms with Crippen molar-refractivity contribution in [3.8, 4) is 22.9 Å². The lowest BCUT2D eigenvalue weighted by Gasteiger charge is -2.31. The van der Waals surface area contributed by atoms with Gasteiger partial charge in [-0.05, 0) is 44.0 Å². The lowest BCUT2D eigenvalue weighted by Crippen LogP contribution is -2.44. The van der Waals surface area contributed by atoms with Gasteiger partial charge in [0.15, 0.2) is 17.1 Å². The highest BCUT2D eigenvalue weighted by Crippen LogP contribution is 2.43. The molecule has 35 heavy (non-hydrogen) atoms. The predicted octanol–water partition coefficient (Wildman–Crippen LogP) is 2.40. The fourth-order valence-electron chi connectivity index (χ4n) is 5.63. The maximum atomic E-state index is 13.6. The summed E-state index contributed by atoms with van der Waals surface area (Å²) in [5.74, 6) is 0.623. The Kier molecular flexibility index (Phi) is 4.21. The molecule has 9 heteroatoms. The Morgan fingerprint density at radius 1 is 1.14 bits per heavy atom. The van der Waals surface area contributed by atoms with Crippen LogP contribution in [0.1, 0.15) is 48.4 Å². The number of carbonyl (C=O) groups is 1. The normalized spacial score (nSPS) is 21.8. The van der Waals surface area contributed by atoms with Crippen molar-refractivity contribution in [1.29, 1.82) is 0 Å². The summed E-state index contributed by atoms with van der Waals surface area (Å²) in [4.78, 5) is 33.4. The summed E-state index contributed by atoms with van der Waals surface area (Å²) >= 11 is 0. The molecule has 9 nitrogen and oxygen atoms in total. The van der Waals surface area contributed by atoms with E-state index >= 15 is 0 Å². The number of carbonyl (C=O) groups excluding carboxylic acids is 1. The first-order chi connectivity index (χ1) is 16.9. The molecule has 0 bridgehead atoms. The van der Waals surface area contributed by atoms with Crippen molar-refractivity contribution in [3.63, 3.8) is 0 Å². The molecule has 1 aliphatic carbocycles. The van der Waals surface area contributed by atoms with Crippen molar-refractivity contribution < 1.29 is 24.1 Å². The van der Waals surface area contributed by atoms with E-state index in [1.807, 2.05) is 12.1 Å². The lowest BCUT2D eigenvalue weighted by atomic mass is 9.86. The van der Waals surface area contributed by atoms with Gasteiger partial charge in [0.05, 0.1) is 29.0 Å². The smallest absolute Gasteiger partial charge is 0.343 e. The molecule has 1 fully saturated rings. The summed E-state index contributed by atoms with van der Waals surface area (Å²) in [6.45, 7) is 2.84. The fraction of sp³-hybridized carbons (Fsp3) is 0.423. The van der Waals surface area contributed by atoms with Crippen molar-refractivity contribution in [2.24, 2.45) is 0 Å². The molecule has 0 saturated heterocycles. The molecule has 1 saturated carbocycles. The van der Waals surface area contributed by atoms with Crippen LogP contribution in [-0.2, 0) is 34.8 Å². The second kappa shape index (κ2) is 7.05. The summed E-state index contributed by atoms with van der Waals surface area (Å²) in [6, 6.07) is 6.19. The Morgan fingerprint density at radius 2 is 1.91 bits per heavy atom. The van der Waals surface area contributed by atoms with Gasteiger partial charge in [-0.1, -0.05) is 6.92 Å². The van der Waals surface area contributed by atoms with Crippen LogP contribution >= 0.6 is 0 Å². The Labute approximate surface area is 200 Å². The number of rotatable bonds is 4. The molecule has 0 amide bonds. The van der Waals surface area contributed by atoms with Crippen molar-refractivity contribution >= 4 is 16.9 Å². The van der Waals surface area contributed by atoms with Gasteiger partial charge in [-0.25, -0.2) is 9.78 Å². The number of nitrogens with zero attached hydrogens (tertiary/aromatic N) is 3. The van der Waals surface area contributed by atoms with Gasteiger partial charge < -0.3 is 23.9 Å². The van der Waals surface area contributed by atoms with Gasteiger partial charge in [0.2, 0.25) is 6.79 Å². The van der Waals surface area contributed by atoms with E-state index < -0.39 is 11.6 Å². The van der Waals surface area contributed by atoms with Crippen molar-refractivity contribution in [1.82, 2.24) is 14.5 Å². The van der Waals surface area contributed by atoms with Crippen molar-refractivity contribution in [2.75, 3.05) is 13.8 Å². The van der Waals surface area contributed by atoms with Gasteiger partial charge in [-0.15, -0.1) is 0 Å². The molecule has 0 radical (unpaired) electrons. The highest BCUT2D eigenvalue weighted by atomic mass is 16.7. The van der Waals surface area contributed by atoms with Crippen LogP contribution < -0.4 is 15.0 Å². The fourth-order valence-corrected chi connectivity index (χ4v) is 5.63. The number of hydrogen-bond acceptors (Lipinski definition) is 8. The molecular weight excluding hydrogens is 450 g/mol. The third-order valence-electron chi connectivity index (χ3n) is 7.88. The minimum Gasteiger partial charge on any atom is -0.458 e. The molecule has 0 unspecified atom stereocenters. The van der Waals surface area contributed by atoms with E-state index in [9.17, 15) is 14.7 Å². The second-order valence-corrected chi connectivity index (χ2v) is 9.89. The Bertz CT molecular complexity index is 1510. The number of aliphatic hydroxyl groups is 1. The topological polar surface area (TPSA) is 103 Å². The van der Waals surface area contributed by atoms with Gasteiger partial charge in [0.1, 0.15) is 6.61 Å². The molecule has 3 aromatic rings. The van der Waals surface area contributed by atoms with Crippen LogP contribution in [0.25, 0.3) is 22.3 Å². The van der Waals surface area contributed by atoms with E-state index in [1.165, 1.54) is 12.8 Å². The number of esters is 1. The zero-order chi connectivity index (χ0) is 24.1. The summed E-state index contributed by atoms with van der Waals surface area (Å²) in [7, 11) is 2.13. The number of fused-ring (bicyclic) bond motifs is 6. The third-order valence-corrected chi connectivity index (χ3v) is 7.88. The minimum atomic E-state index is -1.84. The van der Waals surface area contributed by atoms with Crippen LogP contribution in [0.2, 0.25) is 0 Å². The van der Waals surface area contributed by atoms with E-state index in [0.29, 0.717) is 53.1 Å². The van der Waals surface area contributed by atoms with Crippen molar-refractivity contribution in [3.05, 3.63) is 50.8 Å². The molecule has 1 aromatic carbocycles. The Balaban J connectivity index is 1.48. The maximum absolute atomic E-state index is 13.6.